The van der Waals surface area contributed by atoms with E-state index in [1.54, 1.807) is 0 Å². The van der Waals surface area contributed by atoms with E-state index in [0.29, 0.717) is 5.89 Å². The molecule has 122 valence electrons. The molecule has 1 unspecified atom stereocenters. The lowest BCUT2D eigenvalue weighted by atomic mass is 9.92. The van der Waals surface area contributed by atoms with E-state index >= 15 is 0 Å². The fraction of sp³-hybridized carbons (Fsp3) is 0.167. The summed E-state index contributed by atoms with van der Waals surface area (Å²) in [6.07, 6.45) is 0.732. The van der Waals surface area contributed by atoms with Gasteiger partial charge in [-0.25, -0.2) is 0 Å². The van der Waals surface area contributed by atoms with Gasteiger partial charge in [-0.05, 0) is 17.5 Å². The average molecular weight is 340 g/mol. The highest BCUT2D eigenvalue weighted by Crippen LogP contribution is 2.29. The standard InChI is InChI=1S/C18H16N2O3S/c21-16(22)12-24-18-20-19-17(23-18)15(14-9-5-2-6-10-14)11-13-7-3-1-4-8-13/h1-10,15H,11-12H2,(H,21,22). The van der Waals surface area contributed by atoms with Gasteiger partial charge in [0.25, 0.3) is 5.22 Å². The molecule has 0 spiro atoms. The molecule has 0 bridgehead atoms. The maximum Gasteiger partial charge on any atom is 0.314 e. The summed E-state index contributed by atoms with van der Waals surface area (Å²) in [6.45, 7) is 0. The number of aromatic nitrogens is 2. The molecule has 24 heavy (non-hydrogen) atoms. The van der Waals surface area contributed by atoms with Crippen molar-refractivity contribution in [2.24, 2.45) is 0 Å². The molecule has 6 heteroatoms. The summed E-state index contributed by atoms with van der Waals surface area (Å²) < 4.78 is 5.70. The molecule has 1 heterocycles. The Morgan fingerprint density at radius 3 is 2.38 bits per heavy atom. The Morgan fingerprint density at radius 2 is 1.71 bits per heavy atom. The lowest BCUT2D eigenvalue weighted by Gasteiger charge is -2.13. The molecule has 3 rings (SSSR count). The minimum Gasteiger partial charge on any atom is -0.481 e. The van der Waals surface area contributed by atoms with Gasteiger partial charge in [-0.2, -0.15) is 0 Å². The molecule has 0 saturated heterocycles. The molecule has 0 aliphatic carbocycles. The molecule has 1 atom stereocenters. The zero-order valence-corrected chi connectivity index (χ0v) is 13.6. The normalized spacial score (nSPS) is 12.0. The molecular formula is C18H16N2O3S. The molecule has 0 fully saturated rings. The number of benzene rings is 2. The van der Waals surface area contributed by atoms with Gasteiger partial charge < -0.3 is 9.52 Å². The number of thioether (sulfide) groups is 1. The number of carboxylic acids is 1. The van der Waals surface area contributed by atoms with Crippen LogP contribution >= 0.6 is 11.8 Å². The smallest absolute Gasteiger partial charge is 0.314 e. The zero-order chi connectivity index (χ0) is 16.8. The van der Waals surface area contributed by atoms with Gasteiger partial charge in [0.15, 0.2) is 0 Å². The molecule has 2 aromatic carbocycles. The third kappa shape index (κ3) is 4.23. The maximum absolute atomic E-state index is 10.7. The Morgan fingerprint density at radius 1 is 1.04 bits per heavy atom. The second-order valence-electron chi connectivity index (χ2n) is 5.24. The van der Waals surface area contributed by atoms with Gasteiger partial charge in [-0.1, -0.05) is 72.4 Å². The van der Waals surface area contributed by atoms with Crippen LogP contribution in [0.5, 0.6) is 0 Å². The van der Waals surface area contributed by atoms with Gasteiger partial charge in [-0.3, -0.25) is 4.79 Å². The Kier molecular flexibility index (Phi) is 5.28. The molecule has 0 aliphatic heterocycles. The van der Waals surface area contributed by atoms with Crippen molar-refractivity contribution in [2.75, 3.05) is 5.75 Å². The van der Waals surface area contributed by atoms with Gasteiger partial charge in [0.1, 0.15) is 5.75 Å². The first-order valence-electron chi connectivity index (χ1n) is 7.49. The summed E-state index contributed by atoms with van der Waals surface area (Å²) in [6, 6.07) is 20.1. The van der Waals surface area contributed by atoms with Crippen LogP contribution in [0.4, 0.5) is 0 Å². The van der Waals surface area contributed by atoms with Crippen LogP contribution in [0.25, 0.3) is 0 Å². The van der Waals surface area contributed by atoms with Crippen molar-refractivity contribution in [1.82, 2.24) is 10.2 Å². The number of aliphatic carboxylic acids is 1. The number of rotatable bonds is 7. The summed E-state index contributed by atoms with van der Waals surface area (Å²) in [5.74, 6) is -0.585. The van der Waals surface area contributed by atoms with Gasteiger partial charge in [0.2, 0.25) is 5.89 Å². The van der Waals surface area contributed by atoms with E-state index in [1.807, 2.05) is 48.5 Å². The molecule has 0 aliphatic rings. The number of nitrogens with zero attached hydrogens (tertiary/aromatic N) is 2. The molecule has 5 nitrogen and oxygen atoms in total. The summed E-state index contributed by atoms with van der Waals surface area (Å²) in [7, 11) is 0. The van der Waals surface area contributed by atoms with E-state index in [1.165, 1.54) is 5.56 Å². The fourth-order valence-corrected chi connectivity index (χ4v) is 2.92. The van der Waals surface area contributed by atoms with Crippen molar-refractivity contribution < 1.29 is 14.3 Å². The average Bonchev–Trinajstić information content (AvgIpc) is 3.08. The predicted octanol–water partition coefficient (Wildman–Crippen LogP) is 3.62. The molecule has 0 radical (unpaired) electrons. The fourth-order valence-electron chi connectivity index (χ4n) is 2.43. The van der Waals surface area contributed by atoms with E-state index in [2.05, 4.69) is 22.3 Å². The van der Waals surface area contributed by atoms with E-state index < -0.39 is 5.97 Å². The lowest BCUT2D eigenvalue weighted by Crippen LogP contribution is -2.05. The number of carboxylic acid groups (broad SMARTS) is 1. The zero-order valence-electron chi connectivity index (χ0n) is 12.8. The van der Waals surface area contributed by atoms with Crippen LogP contribution in [0.3, 0.4) is 0 Å². The van der Waals surface area contributed by atoms with Gasteiger partial charge in [0, 0.05) is 0 Å². The lowest BCUT2D eigenvalue weighted by molar-refractivity contribution is -0.133. The predicted molar refractivity (Wildman–Crippen MR) is 91.1 cm³/mol. The summed E-state index contributed by atoms with van der Waals surface area (Å²) in [5.41, 5.74) is 2.25. The van der Waals surface area contributed by atoms with Crippen molar-refractivity contribution in [3.63, 3.8) is 0 Å². The highest BCUT2D eigenvalue weighted by molar-refractivity contribution is 7.99. The highest BCUT2D eigenvalue weighted by Gasteiger charge is 2.21. The van der Waals surface area contributed by atoms with Crippen LogP contribution in [-0.4, -0.2) is 27.0 Å². The van der Waals surface area contributed by atoms with Crippen LogP contribution in [0.2, 0.25) is 0 Å². The van der Waals surface area contributed by atoms with Crippen molar-refractivity contribution in [3.05, 3.63) is 77.7 Å². The molecule has 1 N–H and O–H groups in total. The van der Waals surface area contributed by atoms with Crippen molar-refractivity contribution in [2.45, 2.75) is 17.6 Å². The summed E-state index contributed by atoms with van der Waals surface area (Å²) >= 11 is 1.03. The Bertz CT molecular complexity index is 790. The number of hydrogen-bond donors (Lipinski definition) is 1. The Labute approximate surface area is 143 Å². The molecule has 1 aromatic heterocycles. The first-order chi connectivity index (χ1) is 11.7. The van der Waals surface area contributed by atoms with Crippen molar-refractivity contribution in [1.29, 1.82) is 0 Å². The minimum absolute atomic E-state index is 0.0692. The largest absolute Gasteiger partial charge is 0.481 e. The molecule has 0 saturated carbocycles. The first kappa shape index (κ1) is 16.3. The second-order valence-corrected chi connectivity index (χ2v) is 6.17. The first-order valence-corrected chi connectivity index (χ1v) is 8.48. The molecule has 3 aromatic rings. The summed E-state index contributed by atoms with van der Waals surface area (Å²) in [4.78, 5) is 10.7. The van der Waals surface area contributed by atoms with Gasteiger partial charge >= 0.3 is 5.97 Å². The number of hydrogen-bond acceptors (Lipinski definition) is 5. The molecular weight excluding hydrogens is 324 g/mol. The Hall–Kier alpha value is -2.60. The Balaban J connectivity index is 1.86. The SMILES string of the molecule is O=C(O)CSc1nnc(C(Cc2ccccc2)c2ccccc2)o1. The summed E-state index contributed by atoms with van der Waals surface area (Å²) in [5, 5.41) is 17.1. The molecule has 0 amide bonds. The van der Waals surface area contributed by atoms with Crippen LogP contribution in [0.1, 0.15) is 22.9 Å². The number of carbonyl (C=O) groups is 1. The van der Waals surface area contributed by atoms with Gasteiger partial charge in [0.05, 0.1) is 5.92 Å². The van der Waals surface area contributed by atoms with Crippen LogP contribution < -0.4 is 0 Å². The van der Waals surface area contributed by atoms with E-state index in [0.717, 1.165) is 23.7 Å². The third-order valence-electron chi connectivity index (χ3n) is 3.52. The van der Waals surface area contributed by atoms with Gasteiger partial charge in [-0.15, -0.1) is 10.2 Å². The highest BCUT2D eigenvalue weighted by atomic mass is 32.2. The maximum atomic E-state index is 10.7. The van der Waals surface area contributed by atoms with E-state index in [-0.39, 0.29) is 16.9 Å². The van der Waals surface area contributed by atoms with Crippen molar-refractivity contribution in [3.8, 4) is 0 Å². The third-order valence-corrected chi connectivity index (χ3v) is 4.33. The monoisotopic (exact) mass is 340 g/mol. The van der Waals surface area contributed by atoms with E-state index in [4.69, 9.17) is 9.52 Å². The topological polar surface area (TPSA) is 76.2 Å². The van der Waals surface area contributed by atoms with Crippen LogP contribution in [0.15, 0.2) is 70.3 Å². The van der Waals surface area contributed by atoms with Crippen molar-refractivity contribution >= 4 is 17.7 Å². The van der Waals surface area contributed by atoms with Crippen LogP contribution in [0, 0.1) is 0 Å². The van der Waals surface area contributed by atoms with E-state index in [9.17, 15) is 4.79 Å². The minimum atomic E-state index is -0.913. The quantitative estimate of drug-likeness (QED) is 0.662. The van der Waals surface area contributed by atoms with Crippen LogP contribution in [-0.2, 0) is 11.2 Å². The second kappa shape index (κ2) is 7.79.